The number of hydrogen-bond acceptors (Lipinski definition) is 5. The van der Waals surface area contributed by atoms with E-state index in [0.29, 0.717) is 17.5 Å². The number of aromatic nitrogens is 2. The fraction of sp³-hybridized carbons (Fsp3) is 0.467. The molecule has 3 rings (SSSR count). The second kappa shape index (κ2) is 6.62. The third-order valence-corrected chi connectivity index (χ3v) is 4.17. The van der Waals surface area contributed by atoms with Crippen LogP contribution in [-0.2, 0) is 6.61 Å². The van der Waals surface area contributed by atoms with Crippen LogP contribution in [0.4, 0.5) is 4.39 Å². The lowest BCUT2D eigenvalue weighted by molar-refractivity contribution is 0.273. The maximum Gasteiger partial charge on any atom is 0.231 e. The molecule has 1 heterocycles. The lowest BCUT2D eigenvalue weighted by Crippen LogP contribution is -2.31. The lowest BCUT2D eigenvalue weighted by Gasteiger charge is -2.25. The first-order valence-electron chi connectivity index (χ1n) is 7.29. The number of hydrogen-bond donors (Lipinski definition) is 1. The zero-order valence-electron chi connectivity index (χ0n) is 12.0. The van der Waals surface area contributed by atoms with Crippen LogP contribution in [-0.4, -0.2) is 16.2 Å². The van der Waals surface area contributed by atoms with Gasteiger partial charge in [0.25, 0.3) is 0 Å². The molecule has 2 aromatic rings. The predicted molar refractivity (Wildman–Crippen MR) is 79.2 cm³/mol. The Morgan fingerprint density at radius 1 is 1.36 bits per heavy atom. The molecule has 1 aliphatic rings. The molecule has 1 saturated carbocycles. The molecule has 2 atom stereocenters. The molecule has 0 spiro atoms. The van der Waals surface area contributed by atoms with Gasteiger partial charge in [0.15, 0.2) is 6.61 Å². The third-order valence-electron chi connectivity index (χ3n) is 3.88. The van der Waals surface area contributed by atoms with Crippen molar-refractivity contribution in [2.45, 2.75) is 44.2 Å². The van der Waals surface area contributed by atoms with Crippen LogP contribution < -0.4 is 10.5 Å². The van der Waals surface area contributed by atoms with E-state index < -0.39 is 5.82 Å². The molecule has 2 N–H and O–H groups in total. The van der Waals surface area contributed by atoms with Gasteiger partial charge in [0.1, 0.15) is 11.6 Å². The van der Waals surface area contributed by atoms with E-state index in [1.165, 1.54) is 18.2 Å². The summed E-state index contributed by atoms with van der Waals surface area (Å²) in [7, 11) is 0. The van der Waals surface area contributed by atoms with Crippen LogP contribution in [0.15, 0.2) is 22.7 Å². The van der Waals surface area contributed by atoms with E-state index in [2.05, 4.69) is 10.1 Å². The van der Waals surface area contributed by atoms with Gasteiger partial charge in [-0.2, -0.15) is 4.98 Å². The molecule has 118 valence electrons. The first kappa shape index (κ1) is 15.2. The summed E-state index contributed by atoms with van der Waals surface area (Å²) in [4.78, 5) is 4.35. The van der Waals surface area contributed by atoms with E-state index in [0.717, 1.165) is 25.7 Å². The Morgan fingerprint density at radius 3 is 2.95 bits per heavy atom. The number of ether oxygens (including phenoxy) is 1. The molecule has 0 saturated heterocycles. The fourth-order valence-electron chi connectivity index (χ4n) is 2.66. The smallest absolute Gasteiger partial charge is 0.231 e. The Morgan fingerprint density at radius 2 is 2.18 bits per heavy atom. The molecular weight excluding hydrogens is 309 g/mol. The highest BCUT2D eigenvalue weighted by Gasteiger charge is 2.28. The Bertz CT molecular complexity index is 649. The van der Waals surface area contributed by atoms with Gasteiger partial charge in [-0.05, 0) is 25.0 Å². The Hall–Kier alpha value is -1.66. The summed E-state index contributed by atoms with van der Waals surface area (Å²) in [6.07, 6.45) is 4.22. The Labute approximate surface area is 132 Å². The average Bonchev–Trinajstić information content (AvgIpc) is 2.98. The van der Waals surface area contributed by atoms with Crippen molar-refractivity contribution in [3.05, 3.63) is 40.8 Å². The Balaban J connectivity index is 1.63. The van der Waals surface area contributed by atoms with Crippen molar-refractivity contribution in [1.29, 1.82) is 0 Å². The van der Waals surface area contributed by atoms with E-state index in [4.69, 9.17) is 26.6 Å². The first-order chi connectivity index (χ1) is 10.6. The third kappa shape index (κ3) is 3.39. The standard InChI is InChI=1S/C15H17ClFN3O2/c16-11-7-9(5-6-12(11)17)21-8-14-19-15(22-20-14)10-3-1-2-4-13(10)18/h5-7,10,13H,1-4,8,18H2/t10-,13+/m1/s1. The topological polar surface area (TPSA) is 74.2 Å². The fourth-order valence-corrected chi connectivity index (χ4v) is 2.83. The maximum absolute atomic E-state index is 13.1. The van der Waals surface area contributed by atoms with Crippen LogP contribution in [0.1, 0.15) is 43.3 Å². The zero-order chi connectivity index (χ0) is 15.5. The van der Waals surface area contributed by atoms with Crippen LogP contribution >= 0.6 is 11.6 Å². The number of rotatable bonds is 4. The summed E-state index contributed by atoms with van der Waals surface area (Å²) in [6.45, 7) is 0.132. The van der Waals surface area contributed by atoms with Gasteiger partial charge in [0.2, 0.25) is 11.7 Å². The quantitative estimate of drug-likeness (QED) is 0.932. The molecule has 0 amide bonds. The van der Waals surface area contributed by atoms with Gasteiger partial charge in [0.05, 0.1) is 10.9 Å². The molecule has 0 aliphatic heterocycles. The summed E-state index contributed by atoms with van der Waals surface area (Å²) >= 11 is 5.70. The number of halogens is 2. The highest BCUT2D eigenvalue weighted by Crippen LogP contribution is 2.31. The lowest BCUT2D eigenvalue weighted by atomic mass is 9.85. The van der Waals surface area contributed by atoms with Crippen LogP contribution in [0, 0.1) is 5.82 Å². The SMILES string of the molecule is N[C@H]1CCCC[C@H]1c1nc(COc2ccc(F)c(Cl)c2)no1. The summed E-state index contributed by atoms with van der Waals surface area (Å²) < 4.78 is 23.9. The second-order valence-corrected chi connectivity index (χ2v) is 5.88. The van der Waals surface area contributed by atoms with Crippen LogP contribution in [0.5, 0.6) is 5.75 Å². The second-order valence-electron chi connectivity index (χ2n) is 5.47. The van der Waals surface area contributed by atoms with Crippen molar-refractivity contribution in [1.82, 2.24) is 10.1 Å². The van der Waals surface area contributed by atoms with Crippen molar-refractivity contribution < 1.29 is 13.7 Å². The largest absolute Gasteiger partial charge is 0.485 e. The van der Waals surface area contributed by atoms with Crippen LogP contribution in [0.2, 0.25) is 5.02 Å². The maximum atomic E-state index is 13.1. The molecule has 1 fully saturated rings. The molecule has 0 unspecified atom stereocenters. The van der Waals surface area contributed by atoms with Gasteiger partial charge >= 0.3 is 0 Å². The molecule has 22 heavy (non-hydrogen) atoms. The normalized spacial score (nSPS) is 21.8. The zero-order valence-corrected chi connectivity index (χ0v) is 12.7. The molecular formula is C15H17ClFN3O2. The molecule has 5 nitrogen and oxygen atoms in total. The minimum Gasteiger partial charge on any atom is -0.485 e. The minimum absolute atomic E-state index is 0.0134. The van der Waals surface area contributed by atoms with Crippen molar-refractivity contribution in [3.63, 3.8) is 0 Å². The van der Waals surface area contributed by atoms with Gasteiger partial charge in [-0.3, -0.25) is 0 Å². The molecule has 1 aliphatic carbocycles. The Kier molecular flexibility index (Phi) is 4.59. The van der Waals surface area contributed by atoms with E-state index in [1.54, 1.807) is 0 Å². The number of nitrogens with two attached hydrogens (primary N) is 1. The van der Waals surface area contributed by atoms with E-state index in [-0.39, 0.29) is 23.6 Å². The highest BCUT2D eigenvalue weighted by molar-refractivity contribution is 6.30. The highest BCUT2D eigenvalue weighted by atomic mass is 35.5. The summed E-state index contributed by atoms with van der Waals surface area (Å²) in [5, 5.41) is 3.92. The van der Waals surface area contributed by atoms with Gasteiger partial charge < -0.3 is 15.0 Å². The molecule has 0 bridgehead atoms. The number of nitrogens with zero attached hydrogens (tertiary/aromatic N) is 2. The molecule has 7 heteroatoms. The molecule has 1 aromatic heterocycles. The monoisotopic (exact) mass is 325 g/mol. The average molecular weight is 326 g/mol. The van der Waals surface area contributed by atoms with Crippen molar-refractivity contribution in [2.75, 3.05) is 0 Å². The van der Waals surface area contributed by atoms with E-state index >= 15 is 0 Å². The van der Waals surface area contributed by atoms with Gasteiger partial charge in [0, 0.05) is 12.1 Å². The van der Waals surface area contributed by atoms with Crippen LogP contribution in [0.25, 0.3) is 0 Å². The first-order valence-corrected chi connectivity index (χ1v) is 7.67. The van der Waals surface area contributed by atoms with Gasteiger partial charge in [-0.25, -0.2) is 4.39 Å². The summed E-state index contributed by atoms with van der Waals surface area (Å²) in [5.74, 6) is 1.10. The van der Waals surface area contributed by atoms with Crippen LogP contribution in [0.3, 0.4) is 0 Å². The summed E-state index contributed by atoms with van der Waals surface area (Å²) in [6, 6.07) is 4.23. The minimum atomic E-state index is -0.484. The molecule has 1 aromatic carbocycles. The number of benzene rings is 1. The van der Waals surface area contributed by atoms with Gasteiger partial charge in [-0.15, -0.1) is 0 Å². The summed E-state index contributed by atoms with van der Waals surface area (Å²) in [5.41, 5.74) is 6.11. The van der Waals surface area contributed by atoms with E-state index in [9.17, 15) is 4.39 Å². The molecule has 0 radical (unpaired) electrons. The van der Waals surface area contributed by atoms with Crippen molar-refractivity contribution in [3.8, 4) is 5.75 Å². The van der Waals surface area contributed by atoms with Gasteiger partial charge in [-0.1, -0.05) is 29.6 Å². The van der Waals surface area contributed by atoms with E-state index in [1.807, 2.05) is 0 Å². The predicted octanol–water partition coefficient (Wildman–Crippen LogP) is 3.43. The van der Waals surface area contributed by atoms with Crippen molar-refractivity contribution in [2.24, 2.45) is 5.73 Å². The van der Waals surface area contributed by atoms with Crippen molar-refractivity contribution >= 4 is 11.6 Å².